The van der Waals surface area contributed by atoms with Gasteiger partial charge >= 0.3 is 5.97 Å². The van der Waals surface area contributed by atoms with Gasteiger partial charge in [-0.15, -0.1) is 0 Å². The summed E-state index contributed by atoms with van der Waals surface area (Å²) in [6.07, 6.45) is 0.982. The highest BCUT2D eigenvalue weighted by Crippen LogP contribution is 2.07. The summed E-state index contributed by atoms with van der Waals surface area (Å²) in [6.45, 7) is -0.0414. The van der Waals surface area contributed by atoms with Crippen molar-refractivity contribution in [2.24, 2.45) is 0 Å². The second kappa shape index (κ2) is 5.09. The third-order valence-electron chi connectivity index (χ3n) is 1.81. The molecule has 1 aromatic rings. The highest BCUT2D eigenvalue weighted by molar-refractivity contribution is 7.85. The first-order valence-corrected chi connectivity index (χ1v) is 6.25. The Morgan fingerprint density at radius 2 is 1.81 bits per heavy atom. The summed E-state index contributed by atoms with van der Waals surface area (Å²) in [7, 11) is -2.15. The number of esters is 1. The first-order valence-electron chi connectivity index (χ1n) is 4.44. The van der Waals surface area contributed by atoms with Gasteiger partial charge in [0, 0.05) is 0 Å². The lowest BCUT2D eigenvalue weighted by Crippen LogP contribution is -2.04. The Labute approximate surface area is 94.1 Å². The van der Waals surface area contributed by atoms with Crippen LogP contribution in [-0.2, 0) is 25.6 Å². The van der Waals surface area contributed by atoms with Crippen LogP contribution in [-0.4, -0.2) is 27.8 Å². The smallest absolute Gasteiger partial charge is 0.337 e. The van der Waals surface area contributed by atoms with E-state index in [9.17, 15) is 13.2 Å². The summed E-state index contributed by atoms with van der Waals surface area (Å²) >= 11 is 0. The van der Waals surface area contributed by atoms with Crippen molar-refractivity contribution in [2.75, 3.05) is 13.4 Å². The SMILES string of the molecule is COC(=O)c1ccc(COS(C)(=O)=O)cc1. The number of methoxy groups -OCH3 is 1. The molecule has 0 N–H and O–H groups in total. The molecule has 0 saturated heterocycles. The molecule has 1 aromatic carbocycles. The van der Waals surface area contributed by atoms with Gasteiger partial charge in [-0.05, 0) is 17.7 Å². The number of ether oxygens (including phenoxy) is 1. The average molecular weight is 244 g/mol. The van der Waals surface area contributed by atoms with Gasteiger partial charge in [-0.2, -0.15) is 8.42 Å². The largest absolute Gasteiger partial charge is 0.465 e. The zero-order valence-electron chi connectivity index (χ0n) is 8.97. The van der Waals surface area contributed by atoms with Crippen molar-refractivity contribution >= 4 is 16.1 Å². The highest BCUT2D eigenvalue weighted by atomic mass is 32.2. The predicted molar refractivity (Wildman–Crippen MR) is 57.4 cm³/mol. The highest BCUT2D eigenvalue weighted by Gasteiger charge is 2.06. The fourth-order valence-corrected chi connectivity index (χ4v) is 1.38. The van der Waals surface area contributed by atoms with E-state index in [1.54, 1.807) is 24.3 Å². The van der Waals surface area contributed by atoms with Crippen LogP contribution < -0.4 is 0 Å². The van der Waals surface area contributed by atoms with Crippen LogP contribution in [0.25, 0.3) is 0 Å². The Morgan fingerprint density at radius 3 is 2.25 bits per heavy atom. The molecule has 88 valence electrons. The van der Waals surface area contributed by atoms with Gasteiger partial charge in [-0.1, -0.05) is 12.1 Å². The average Bonchev–Trinajstić information content (AvgIpc) is 2.25. The van der Waals surface area contributed by atoms with E-state index in [0.717, 1.165) is 6.26 Å². The standard InChI is InChI=1S/C10H12O5S/c1-14-10(11)9-5-3-8(4-6-9)7-15-16(2,12)13/h3-6H,7H2,1-2H3. The maximum atomic E-state index is 11.1. The van der Waals surface area contributed by atoms with Crippen LogP contribution in [0.1, 0.15) is 15.9 Å². The first-order chi connectivity index (χ1) is 7.42. The van der Waals surface area contributed by atoms with Crippen molar-refractivity contribution in [1.82, 2.24) is 0 Å². The number of rotatable bonds is 4. The molecule has 0 aromatic heterocycles. The van der Waals surface area contributed by atoms with Crippen LogP contribution in [0.2, 0.25) is 0 Å². The molecule has 0 aliphatic carbocycles. The van der Waals surface area contributed by atoms with Gasteiger partial charge < -0.3 is 4.74 Å². The second-order valence-electron chi connectivity index (χ2n) is 3.15. The first kappa shape index (κ1) is 12.7. The molecule has 6 heteroatoms. The third kappa shape index (κ3) is 4.00. The van der Waals surface area contributed by atoms with E-state index in [1.807, 2.05) is 0 Å². The summed E-state index contributed by atoms with van der Waals surface area (Å²) in [5, 5.41) is 0. The summed E-state index contributed by atoms with van der Waals surface area (Å²) in [4.78, 5) is 11.1. The second-order valence-corrected chi connectivity index (χ2v) is 4.80. The molecule has 0 fully saturated rings. The lowest BCUT2D eigenvalue weighted by Gasteiger charge is -2.03. The minimum atomic E-state index is -3.45. The van der Waals surface area contributed by atoms with Crippen molar-refractivity contribution in [2.45, 2.75) is 6.61 Å². The summed E-state index contributed by atoms with van der Waals surface area (Å²) < 4.78 is 30.6. The third-order valence-corrected chi connectivity index (χ3v) is 2.36. The van der Waals surface area contributed by atoms with E-state index in [0.29, 0.717) is 11.1 Å². The van der Waals surface area contributed by atoms with Gasteiger partial charge in [0.1, 0.15) is 0 Å². The van der Waals surface area contributed by atoms with E-state index >= 15 is 0 Å². The van der Waals surface area contributed by atoms with E-state index in [4.69, 9.17) is 0 Å². The van der Waals surface area contributed by atoms with Crippen molar-refractivity contribution < 1.29 is 22.1 Å². The van der Waals surface area contributed by atoms with Crippen LogP contribution in [0.3, 0.4) is 0 Å². The van der Waals surface area contributed by atoms with Crippen LogP contribution in [0.15, 0.2) is 24.3 Å². The van der Waals surface area contributed by atoms with Crippen LogP contribution in [0.4, 0.5) is 0 Å². The molecule has 0 unspecified atom stereocenters. The number of carbonyl (C=O) groups excluding carboxylic acids is 1. The monoisotopic (exact) mass is 244 g/mol. The van der Waals surface area contributed by atoms with Gasteiger partial charge in [-0.25, -0.2) is 4.79 Å². The molecule has 0 atom stereocenters. The van der Waals surface area contributed by atoms with E-state index < -0.39 is 16.1 Å². The number of hydrogen-bond donors (Lipinski definition) is 0. The molecule has 0 amide bonds. The van der Waals surface area contributed by atoms with Crippen LogP contribution >= 0.6 is 0 Å². The normalized spacial score (nSPS) is 11.1. The Hall–Kier alpha value is -1.40. The summed E-state index contributed by atoms with van der Waals surface area (Å²) in [6, 6.07) is 6.31. The minimum absolute atomic E-state index is 0.0414. The number of benzene rings is 1. The van der Waals surface area contributed by atoms with E-state index in [-0.39, 0.29) is 6.61 Å². The van der Waals surface area contributed by atoms with Crippen molar-refractivity contribution in [3.63, 3.8) is 0 Å². The Morgan fingerprint density at radius 1 is 1.25 bits per heavy atom. The molecule has 0 saturated carbocycles. The lowest BCUT2D eigenvalue weighted by atomic mass is 10.1. The summed E-state index contributed by atoms with van der Waals surface area (Å²) in [5.41, 5.74) is 1.07. The molecular weight excluding hydrogens is 232 g/mol. The van der Waals surface area contributed by atoms with E-state index in [2.05, 4.69) is 8.92 Å². The topological polar surface area (TPSA) is 69.7 Å². The van der Waals surface area contributed by atoms with Crippen molar-refractivity contribution in [3.05, 3.63) is 35.4 Å². The van der Waals surface area contributed by atoms with Gasteiger partial charge in [0.25, 0.3) is 10.1 Å². The van der Waals surface area contributed by atoms with Crippen molar-refractivity contribution in [1.29, 1.82) is 0 Å². The Balaban J connectivity index is 2.69. The van der Waals surface area contributed by atoms with Gasteiger partial charge in [-0.3, -0.25) is 4.18 Å². The molecule has 0 aliphatic rings. The fraction of sp³-hybridized carbons (Fsp3) is 0.300. The van der Waals surface area contributed by atoms with Gasteiger partial charge in [0.15, 0.2) is 0 Å². The molecule has 0 radical (unpaired) electrons. The zero-order valence-corrected chi connectivity index (χ0v) is 9.78. The predicted octanol–water partition coefficient (Wildman–Crippen LogP) is 0.949. The molecular formula is C10H12O5S. The number of carbonyl (C=O) groups is 1. The molecule has 0 bridgehead atoms. The molecule has 0 heterocycles. The Kier molecular flexibility index (Phi) is 4.03. The fourth-order valence-electron chi connectivity index (χ4n) is 1.03. The molecule has 0 spiro atoms. The zero-order chi connectivity index (χ0) is 12.2. The molecule has 1 rings (SSSR count). The van der Waals surface area contributed by atoms with Crippen LogP contribution in [0.5, 0.6) is 0 Å². The molecule has 5 nitrogen and oxygen atoms in total. The number of hydrogen-bond acceptors (Lipinski definition) is 5. The summed E-state index contributed by atoms with van der Waals surface area (Å²) in [5.74, 6) is -0.435. The van der Waals surface area contributed by atoms with Gasteiger partial charge in [0.2, 0.25) is 0 Å². The van der Waals surface area contributed by atoms with Crippen LogP contribution in [0, 0.1) is 0 Å². The lowest BCUT2D eigenvalue weighted by molar-refractivity contribution is 0.0600. The molecule has 16 heavy (non-hydrogen) atoms. The maximum Gasteiger partial charge on any atom is 0.337 e. The van der Waals surface area contributed by atoms with E-state index in [1.165, 1.54) is 7.11 Å². The minimum Gasteiger partial charge on any atom is -0.465 e. The van der Waals surface area contributed by atoms with Gasteiger partial charge in [0.05, 0.1) is 25.5 Å². The quantitative estimate of drug-likeness (QED) is 0.582. The maximum absolute atomic E-state index is 11.1. The van der Waals surface area contributed by atoms with Crippen molar-refractivity contribution in [3.8, 4) is 0 Å². The molecule has 0 aliphatic heterocycles. The Bertz CT molecular complexity index is 460.